The van der Waals surface area contributed by atoms with E-state index in [4.69, 9.17) is 24.1 Å². The maximum absolute atomic E-state index is 12.4. The van der Waals surface area contributed by atoms with Crippen molar-refractivity contribution in [2.24, 2.45) is 0 Å². The van der Waals surface area contributed by atoms with Crippen molar-refractivity contribution in [3.05, 3.63) is 77.9 Å². The Bertz CT molecular complexity index is 1020. The first-order valence-electron chi connectivity index (χ1n) is 9.60. The number of ether oxygens (including phenoxy) is 4. The topological polar surface area (TPSA) is 108 Å². The fourth-order valence-corrected chi connectivity index (χ4v) is 2.31. The zero-order chi connectivity index (χ0) is 23.7. The average Bonchev–Trinajstić information content (AvgIpc) is 2.78. The van der Waals surface area contributed by atoms with Crippen molar-refractivity contribution in [1.29, 1.82) is 0 Å². The van der Waals surface area contributed by atoms with Crippen LogP contribution in [0.25, 0.3) is 0 Å². The highest BCUT2D eigenvalue weighted by Crippen LogP contribution is 2.22. The lowest BCUT2D eigenvalue weighted by Gasteiger charge is -2.10. The summed E-state index contributed by atoms with van der Waals surface area (Å²) in [4.78, 5) is 35.4. The summed E-state index contributed by atoms with van der Waals surface area (Å²) in [6.45, 7) is 9.86. The van der Waals surface area contributed by atoms with Crippen LogP contribution in [-0.4, -0.2) is 42.8 Å². The Labute approximate surface area is 185 Å². The first-order chi connectivity index (χ1) is 15.2. The molecule has 0 saturated heterocycles. The van der Waals surface area contributed by atoms with E-state index in [-0.39, 0.29) is 30.1 Å². The van der Waals surface area contributed by atoms with Crippen LogP contribution >= 0.6 is 0 Å². The van der Waals surface area contributed by atoms with Crippen LogP contribution < -0.4 is 14.2 Å². The second-order valence-corrected chi connectivity index (χ2v) is 6.76. The van der Waals surface area contributed by atoms with E-state index in [1.54, 1.807) is 38.1 Å². The Hall–Kier alpha value is -3.91. The number of aliphatic hydroxyl groups is 1. The van der Waals surface area contributed by atoms with Crippen molar-refractivity contribution in [3.63, 3.8) is 0 Å². The number of hydrogen-bond donors (Lipinski definition) is 1. The highest BCUT2D eigenvalue weighted by atomic mass is 16.6. The van der Waals surface area contributed by atoms with Gasteiger partial charge in [-0.3, -0.25) is 0 Å². The van der Waals surface area contributed by atoms with Gasteiger partial charge in [-0.2, -0.15) is 0 Å². The van der Waals surface area contributed by atoms with Crippen molar-refractivity contribution in [1.82, 2.24) is 0 Å². The molecule has 1 N–H and O–H groups in total. The second kappa shape index (κ2) is 11.5. The number of aliphatic hydroxyl groups excluding tert-OH is 1. The SMILES string of the molecule is C=C(C)C(=O)OCCOc1ccc(OC(=O)c2ccc(OC(=O)C(=C)CO)c(C)c2)cc1. The molecular formula is C24H24O8. The molecule has 2 rings (SSSR count). The Kier molecular flexibility index (Phi) is 8.73. The van der Waals surface area contributed by atoms with Gasteiger partial charge in [-0.25, -0.2) is 14.4 Å². The summed E-state index contributed by atoms with van der Waals surface area (Å²) < 4.78 is 20.9. The predicted molar refractivity (Wildman–Crippen MR) is 116 cm³/mol. The molecule has 0 unspecified atom stereocenters. The van der Waals surface area contributed by atoms with Crippen LogP contribution in [0.5, 0.6) is 17.2 Å². The lowest BCUT2D eigenvalue weighted by atomic mass is 10.1. The van der Waals surface area contributed by atoms with Gasteiger partial charge >= 0.3 is 17.9 Å². The van der Waals surface area contributed by atoms with Crippen molar-refractivity contribution in [3.8, 4) is 17.2 Å². The lowest BCUT2D eigenvalue weighted by molar-refractivity contribution is -0.139. The minimum Gasteiger partial charge on any atom is -0.490 e. The first kappa shape index (κ1) is 24.4. The van der Waals surface area contributed by atoms with Gasteiger partial charge in [0, 0.05) is 5.57 Å². The predicted octanol–water partition coefficient (Wildman–Crippen LogP) is 3.17. The molecule has 0 heterocycles. The summed E-state index contributed by atoms with van der Waals surface area (Å²) in [5.74, 6) is -0.746. The molecule has 0 amide bonds. The van der Waals surface area contributed by atoms with Crippen molar-refractivity contribution < 1.29 is 38.4 Å². The fourth-order valence-electron chi connectivity index (χ4n) is 2.31. The van der Waals surface area contributed by atoms with Gasteiger partial charge in [0.05, 0.1) is 17.7 Å². The van der Waals surface area contributed by atoms with Crippen LogP contribution in [0.3, 0.4) is 0 Å². The molecule has 0 saturated carbocycles. The molecule has 2 aromatic carbocycles. The minimum absolute atomic E-state index is 0.0758. The number of rotatable bonds is 10. The van der Waals surface area contributed by atoms with Crippen LogP contribution in [0.1, 0.15) is 22.8 Å². The van der Waals surface area contributed by atoms with Gasteiger partial charge < -0.3 is 24.1 Å². The van der Waals surface area contributed by atoms with E-state index in [0.29, 0.717) is 22.6 Å². The molecule has 168 valence electrons. The van der Waals surface area contributed by atoms with Crippen LogP contribution in [0, 0.1) is 6.92 Å². The lowest BCUT2D eigenvalue weighted by Crippen LogP contribution is -2.14. The highest BCUT2D eigenvalue weighted by molar-refractivity contribution is 5.92. The van der Waals surface area contributed by atoms with Crippen LogP contribution in [0.2, 0.25) is 0 Å². The Morgan fingerprint density at radius 3 is 2.16 bits per heavy atom. The van der Waals surface area contributed by atoms with Gasteiger partial charge in [0.25, 0.3) is 0 Å². The zero-order valence-electron chi connectivity index (χ0n) is 17.9. The third kappa shape index (κ3) is 7.10. The number of esters is 3. The highest BCUT2D eigenvalue weighted by Gasteiger charge is 2.14. The third-order valence-electron chi connectivity index (χ3n) is 4.06. The molecule has 0 bridgehead atoms. The molecule has 2 aromatic rings. The Balaban J connectivity index is 1.90. The maximum atomic E-state index is 12.4. The molecular weight excluding hydrogens is 416 g/mol. The number of carbonyl (C=O) groups is 3. The van der Waals surface area contributed by atoms with E-state index >= 15 is 0 Å². The molecule has 8 nitrogen and oxygen atoms in total. The maximum Gasteiger partial charge on any atom is 0.343 e. The van der Waals surface area contributed by atoms with Gasteiger partial charge in [0.1, 0.15) is 30.5 Å². The molecule has 0 aliphatic rings. The standard InChI is InChI=1S/C24H24O8/c1-15(2)22(26)30-12-11-29-19-6-8-20(9-7-19)31-24(28)18-5-10-21(16(3)13-18)32-23(27)17(4)14-25/h5-10,13,25H,1,4,11-12,14H2,2-3H3. The van der Waals surface area contributed by atoms with Crippen LogP contribution in [-0.2, 0) is 14.3 Å². The molecule has 0 aromatic heterocycles. The van der Waals surface area contributed by atoms with E-state index in [2.05, 4.69) is 13.2 Å². The summed E-state index contributed by atoms with van der Waals surface area (Å²) in [5, 5.41) is 8.93. The van der Waals surface area contributed by atoms with Gasteiger partial charge in [-0.05, 0) is 61.9 Å². The van der Waals surface area contributed by atoms with E-state index < -0.39 is 24.5 Å². The van der Waals surface area contributed by atoms with Crippen molar-refractivity contribution >= 4 is 17.9 Å². The molecule has 0 aliphatic heterocycles. The van der Waals surface area contributed by atoms with E-state index in [9.17, 15) is 14.4 Å². The molecule has 0 spiro atoms. The molecule has 0 atom stereocenters. The summed E-state index contributed by atoms with van der Waals surface area (Å²) >= 11 is 0. The average molecular weight is 440 g/mol. The van der Waals surface area contributed by atoms with Crippen molar-refractivity contribution in [2.45, 2.75) is 13.8 Å². The number of hydrogen-bond acceptors (Lipinski definition) is 8. The summed E-state index contributed by atoms with van der Waals surface area (Å²) in [6, 6.07) is 10.8. The molecule has 0 aliphatic carbocycles. The van der Waals surface area contributed by atoms with Crippen molar-refractivity contribution in [2.75, 3.05) is 19.8 Å². The first-order valence-corrected chi connectivity index (χ1v) is 9.60. The Morgan fingerprint density at radius 1 is 0.906 bits per heavy atom. The summed E-state index contributed by atoms with van der Waals surface area (Å²) in [5.41, 5.74) is 1.04. The molecule has 0 radical (unpaired) electrons. The monoisotopic (exact) mass is 440 g/mol. The van der Waals surface area contributed by atoms with Gasteiger partial charge in [-0.1, -0.05) is 13.2 Å². The number of benzene rings is 2. The fraction of sp³-hybridized carbons (Fsp3) is 0.208. The number of aryl methyl sites for hydroxylation is 1. The van der Waals surface area contributed by atoms with E-state index in [1.807, 2.05) is 0 Å². The Morgan fingerprint density at radius 2 is 1.56 bits per heavy atom. The van der Waals surface area contributed by atoms with Crippen LogP contribution in [0.15, 0.2) is 66.8 Å². The normalized spacial score (nSPS) is 10.1. The number of carbonyl (C=O) groups excluding carboxylic acids is 3. The smallest absolute Gasteiger partial charge is 0.343 e. The van der Waals surface area contributed by atoms with Gasteiger partial charge in [0.15, 0.2) is 0 Å². The minimum atomic E-state index is -0.748. The summed E-state index contributed by atoms with van der Waals surface area (Å²) in [6.07, 6.45) is 0. The zero-order valence-corrected chi connectivity index (χ0v) is 17.9. The largest absolute Gasteiger partial charge is 0.490 e. The van der Waals surface area contributed by atoms with Gasteiger partial charge in [0.2, 0.25) is 0 Å². The second-order valence-electron chi connectivity index (χ2n) is 6.76. The van der Waals surface area contributed by atoms with Crippen LogP contribution in [0.4, 0.5) is 0 Å². The summed E-state index contributed by atoms with van der Waals surface area (Å²) in [7, 11) is 0. The molecule has 32 heavy (non-hydrogen) atoms. The molecule has 0 fully saturated rings. The third-order valence-corrected chi connectivity index (χ3v) is 4.06. The van der Waals surface area contributed by atoms with E-state index in [0.717, 1.165) is 0 Å². The quantitative estimate of drug-likeness (QED) is 0.260. The molecule has 8 heteroatoms. The van der Waals surface area contributed by atoms with Gasteiger partial charge in [-0.15, -0.1) is 0 Å². The van der Waals surface area contributed by atoms with E-state index in [1.165, 1.54) is 18.2 Å².